The maximum Gasteiger partial charge on any atom is 0.257 e. The molecular formula is C15H26N4O. The van der Waals surface area contributed by atoms with Crippen LogP contribution in [0, 0.1) is 5.92 Å². The van der Waals surface area contributed by atoms with Crippen molar-refractivity contribution >= 4 is 5.91 Å². The van der Waals surface area contributed by atoms with Crippen molar-refractivity contribution in [3.05, 3.63) is 17.5 Å². The third-order valence-electron chi connectivity index (χ3n) is 4.46. The van der Waals surface area contributed by atoms with Gasteiger partial charge in [0.1, 0.15) is 0 Å². The van der Waals surface area contributed by atoms with Gasteiger partial charge < -0.3 is 10.6 Å². The molecule has 0 bridgehead atoms. The molecular weight excluding hydrogens is 252 g/mol. The van der Waals surface area contributed by atoms with Gasteiger partial charge in [0, 0.05) is 26.3 Å². The first-order valence-corrected chi connectivity index (χ1v) is 7.58. The number of nitrogens with zero attached hydrogens (tertiary/aromatic N) is 3. The molecule has 5 heteroatoms. The third kappa shape index (κ3) is 2.87. The Morgan fingerprint density at radius 3 is 2.85 bits per heavy atom. The standard InChI is InChI=1S/C15H26N4O/c1-4-13-12(10-18(2)17-13)15(20)19(3)14-8-6-5-7-11(14)9-16/h10-11,14H,4-9,16H2,1-3H3. The van der Waals surface area contributed by atoms with Gasteiger partial charge >= 0.3 is 0 Å². The lowest BCUT2D eigenvalue weighted by Crippen LogP contribution is -2.46. The molecule has 0 radical (unpaired) electrons. The number of nitrogens with two attached hydrogens (primary N) is 1. The van der Waals surface area contributed by atoms with Crippen molar-refractivity contribution < 1.29 is 4.79 Å². The molecule has 1 aliphatic rings. The average Bonchev–Trinajstić information content (AvgIpc) is 2.86. The molecule has 2 rings (SSSR count). The Hall–Kier alpha value is -1.36. The van der Waals surface area contributed by atoms with Crippen LogP contribution in [0.3, 0.4) is 0 Å². The first-order valence-electron chi connectivity index (χ1n) is 7.58. The molecule has 0 aliphatic heterocycles. The van der Waals surface area contributed by atoms with E-state index in [-0.39, 0.29) is 11.9 Å². The van der Waals surface area contributed by atoms with Crippen LogP contribution in [0.15, 0.2) is 6.20 Å². The summed E-state index contributed by atoms with van der Waals surface area (Å²) in [6, 6.07) is 0.270. The van der Waals surface area contributed by atoms with E-state index < -0.39 is 0 Å². The van der Waals surface area contributed by atoms with Crippen molar-refractivity contribution in [2.45, 2.75) is 45.1 Å². The second-order valence-corrected chi connectivity index (χ2v) is 5.78. The zero-order valence-electron chi connectivity index (χ0n) is 12.8. The Balaban J connectivity index is 2.18. The van der Waals surface area contributed by atoms with Gasteiger partial charge in [0.25, 0.3) is 5.91 Å². The minimum Gasteiger partial charge on any atom is -0.338 e. The molecule has 2 atom stereocenters. The fourth-order valence-electron chi connectivity index (χ4n) is 3.29. The van der Waals surface area contributed by atoms with Crippen LogP contribution in [0.25, 0.3) is 0 Å². The summed E-state index contributed by atoms with van der Waals surface area (Å²) in [5, 5.41) is 4.36. The molecule has 1 aromatic heterocycles. The van der Waals surface area contributed by atoms with Gasteiger partial charge in [-0.25, -0.2) is 0 Å². The van der Waals surface area contributed by atoms with Crippen molar-refractivity contribution in [2.75, 3.05) is 13.6 Å². The molecule has 2 unspecified atom stereocenters. The molecule has 1 heterocycles. The van der Waals surface area contributed by atoms with E-state index in [0.717, 1.165) is 30.5 Å². The molecule has 1 fully saturated rings. The number of rotatable bonds is 4. The van der Waals surface area contributed by atoms with Crippen LogP contribution >= 0.6 is 0 Å². The van der Waals surface area contributed by atoms with Gasteiger partial charge in [-0.2, -0.15) is 5.10 Å². The van der Waals surface area contributed by atoms with Crippen molar-refractivity contribution in [1.29, 1.82) is 0 Å². The summed E-state index contributed by atoms with van der Waals surface area (Å²) < 4.78 is 1.72. The van der Waals surface area contributed by atoms with Crippen LogP contribution in [0.4, 0.5) is 0 Å². The molecule has 0 saturated heterocycles. The van der Waals surface area contributed by atoms with Crippen LogP contribution in [-0.4, -0.2) is 40.2 Å². The van der Waals surface area contributed by atoms with Crippen molar-refractivity contribution in [2.24, 2.45) is 18.7 Å². The minimum atomic E-state index is 0.0836. The van der Waals surface area contributed by atoms with Gasteiger partial charge in [0.05, 0.1) is 11.3 Å². The van der Waals surface area contributed by atoms with Crippen molar-refractivity contribution in [1.82, 2.24) is 14.7 Å². The van der Waals surface area contributed by atoms with E-state index in [1.54, 1.807) is 4.68 Å². The molecule has 0 aromatic carbocycles. The Labute approximate surface area is 121 Å². The zero-order valence-corrected chi connectivity index (χ0v) is 12.8. The van der Waals surface area contributed by atoms with Crippen LogP contribution in [0.5, 0.6) is 0 Å². The van der Waals surface area contributed by atoms with E-state index in [9.17, 15) is 4.79 Å². The second kappa shape index (κ2) is 6.39. The Kier molecular flexibility index (Phi) is 4.81. The summed E-state index contributed by atoms with van der Waals surface area (Å²) in [6.45, 7) is 2.69. The normalized spacial score (nSPS) is 22.8. The lowest BCUT2D eigenvalue weighted by atomic mass is 9.83. The maximum absolute atomic E-state index is 12.7. The van der Waals surface area contributed by atoms with E-state index in [4.69, 9.17) is 5.73 Å². The summed E-state index contributed by atoms with van der Waals surface area (Å²) in [5.74, 6) is 0.514. The number of aryl methyl sites for hydroxylation is 2. The van der Waals surface area contributed by atoms with Crippen LogP contribution in [0.2, 0.25) is 0 Å². The highest BCUT2D eigenvalue weighted by molar-refractivity contribution is 5.95. The quantitative estimate of drug-likeness (QED) is 0.909. The molecule has 5 nitrogen and oxygen atoms in total. The zero-order chi connectivity index (χ0) is 14.7. The summed E-state index contributed by atoms with van der Waals surface area (Å²) >= 11 is 0. The van der Waals surface area contributed by atoms with E-state index >= 15 is 0 Å². The van der Waals surface area contributed by atoms with Gasteiger partial charge in [-0.3, -0.25) is 9.48 Å². The van der Waals surface area contributed by atoms with Gasteiger partial charge in [-0.1, -0.05) is 19.8 Å². The second-order valence-electron chi connectivity index (χ2n) is 5.78. The Bertz CT molecular complexity index is 468. The predicted octanol–water partition coefficient (Wildman–Crippen LogP) is 1.57. The molecule has 2 N–H and O–H groups in total. The minimum absolute atomic E-state index is 0.0836. The summed E-state index contributed by atoms with van der Waals surface area (Å²) in [6.07, 6.45) is 7.22. The van der Waals surface area contributed by atoms with Crippen LogP contribution in [0.1, 0.15) is 48.7 Å². The smallest absolute Gasteiger partial charge is 0.257 e. The van der Waals surface area contributed by atoms with Crippen molar-refractivity contribution in [3.63, 3.8) is 0 Å². The molecule has 20 heavy (non-hydrogen) atoms. The fraction of sp³-hybridized carbons (Fsp3) is 0.733. The van der Waals surface area contributed by atoms with E-state index in [2.05, 4.69) is 5.10 Å². The number of hydrogen-bond acceptors (Lipinski definition) is 3. The molecule has 0 spiro atoms. The highest BCUT2D eigenvalue weighted by Gasteiger charge is 2.31. The Morgan fingerprint density at radius 1 is 1.50 bits per heavy atom. The average molecular weight is 278 g/mol. The van der Waals surface area contributed by atoms with Gasteiger partial charge in [-0.05, 0) is 31.7 Å². The highest BCUT2D eigenvalue weighted by Crippen LogP contribution is 2.28. The SMILES string of the molecule is CCc1nn(C)cc1C(=O)N(C)C1CCCCC1CN. The summed E-state index contributed by atoms with van der Waals surface area (Å²) in [4.78, 5) is 14.6. The van der Waals surface area contributed by atoms with E-state index in [1.807, 2.05) is 32.1 Å². The first-order chi connectivity index (χ1) is 9.58. The molecule has 1 aliphatic carbocycles. The monoisotopic (exact) mass is 278 g/mol. The molecule has 1 saturated carbocycles. The van der Waals surface area contributed by atoms with Gasteiger partial charge in [0.2, 0.25) is 0 Å². The lowest BCUT2D eigenvalue weighted by molar-refractivity contribution is 0.0619. The maximum atomic E-state index is 12.7. The number of carbonyl (C=O) groups excluding carboxylic acids is 1. The highest BCUT2D eigenvalue weighted by atomic mass is 16.2. The number of hydrogen-bond donors (Lipinski definition) is 1. The molecule has 112 valence electrons. The molecule has 1 amide bonds. The summed E-state index contributed by atoms with van der Waals surface area (Å²) in [5.41, 5.74) is 7.49. The number of amides is 1. The fourth-order valence-corrected chi connectivity index (χ4v) is 3.29. The molecule has 1 aromatic rings. The van der Waals surface area contributed by atoms with Gasteiger partial charge in [0.15, 0.2) is 0 Å². The van der Waals surface area contributed by atoms with E-state index in [1.165, 1.54) is 12.8 Å². The van der Waals surface area contributed by atoms with Crippen LogP contribution < -0.4 is 5.73 Å². The van der Waals surface area contributed by atoms with Crippen LogP contribution in [-0.2, 0) is 13.5 Å². The number of aromatic nitrogens is 2. The predicted molar refractivity (Wildman–Crippen MR) is 79.5 cm³/mol. The first kappa shape index (κ1) is 15.0. The van der Waals surface area contributed by atoms with Crippen molar-refractivity contribution in [3.8, 4) is 0 Å². The lowest BCUT2D eigenvalue weighted by Gasteiger charge is -2.37. The largest absolute Gasteiger partial charge is 0.338 e. The summed E-state index contributed by atoms with van der Waals surface area (Å²) in [7, 11) is 3.77. The number of carbonyl (C=O) groups is 1. The van der Waals surface area contributed by atoms with E-state index in [0.29, 0.717) is 12.5 Å². The third-order valence-corrected chi connectivity index (χ3v) is 4.46. The van der Waals surface area contributed by atoms with Gasteiger partial charge in [-0.15, -0.1) is 0 Å². The topological polar surface area (TPSA) is 64.2 Å². The Morgan fingerprint density at radius 2 is 2.20 bits per heavy atom.